The smallest absolute Gasteiger partial charge is 0.337 e. The van der Waals surface area contributed by atoms with Gasteiger partial charge in [0, 0.05) is 12.1 Å². The van der Waals surface area contributed by atoms with Crippen molar-refractivity contribution in [2.24, 2.45) is 0 Å². The molecule has 0 fully saturated rings. The van der Waals surface area contributed by atoms with Crippen molar-refractivity contribution < 1.29 is 19.1 Å². The molecule has 0 unspecified atom stereocenters. The fourth-order valence-electron chi connectivity index (χ4n) is 3.13. The number of nitrogens with one attached hydrogen (secondary N) is 1. The molecule has 0 saturated carbocycles. The quantitative estimate of drug-likeness (QED) is 0.379. The molecule has 3 aromatic carbocycles. The molecule has 0 heterocycles. The molecule has 0 aliphatic carbocycles. The Labute approximate surface area is 182 Å². The van der Waals surface area contributed by atoms with Gasteiger partial charge in [0.15, 0.2) is 5.78 Å². The van der Waals surface area contributed by atoms with Crippen LogP contribution < -0.4 is 10.1 Å². The highest BCUT2D eigenvalue weighted by Gasteiger charge is 2.15. The number of benzene rings is 3. The lowest BCUT2D eigenvalue weighted by Crippen LogP contribution is -2.14. The van der Waals surface area contributed by atoms with Crippen molar-refractivity contribution in [3.05, 3.63) is 102 Å². The lowest BCUT2D eigenvalue weighted by Gasteiger charge is -2.19. The fraction of sp³-hybridized carbons (Fsp3) is 0.154. The van der Waals surface area contributed by atoms with Gasteiger partial charge in [-0.05, 0) is 53.6 Å². The summed E-state index contributed by atoms with van der Waals surface area (Å²) in [6.07, 6.45) is 3.68. The summed E-state index contributed by atoms with van der Waals surface area (Å²) in [4.78, 5) is 24.3. The summed E-state index contributed by atoms with van der Waals surface area (Å²) in [5, 5.41) is 3.40. The number of rotatable bonds is 9. The van der Waals surface area contributed by atoms with E-state index in [4.69, 9.17) is 9.47 Å². The van der Waals surface area contributed by atoms with Gasteiger partial charge in [0.2, 0.25) is 0 Å². The number of carbonyl (C=O) groups is 2. The van der Waals surface area contributed by atoms with Crippen LogP contribution in [0.3, 0.4) is 0 Å². The van der Waals surface area contributed by atoms with Crippen LogP contribution in [0.15, 0.2) is 84.9 Å². The van der Waals surface area contributed by atoms with Crippen LogP contribution in [-0.4, -0.2) is 26.0 Å². The molecule has 0 bridgehead atoms. The van der Waals surface area contributed by atoms with Gasteiger partial charge in [-0.25, -0.2) is 4.79 Å². The van der Waals surface area contributed by atoms with Crippen molar-refractivity contribution in [2.45, 2.75) is 12.5 Å². The molecule has 5 heteroatoms. The maximum Gasteiger partial charge on any atom is 0.337 e. The number of allylic oxidation sites excluding steroid dienone is 1. The van der Waals surface area contributed by atoms with Crippen LogP contribution >= 0.6 is 0 Å². The molecule has 0 aromatic heterocycles. The lowest BCUT2D eigenvalue weighted by atomic mass is 10.00. The van der Waals surface area contributed by atoms with Gasteiger partial charge in [-0.1, -0.05) is 48.5 Å². The molecule has 1 N–H and O–H groups in total. The van der Waals surface area contributed by atoms with Crippen LogP contribution in [0.5, 0.6) is 5.75 Å². The fourth-order valence-corrected chi connectivity index (χ4v) is 3.13. The average molecular weight is 415 g/mol. The molecule has 0 amide bonds. The molecule has 0 saturated heterocycles. The van der Waals surface area contributed by atoms with Crippen molar-refractivity contribution in [3.63, 3.8) is 0 Å². The molecule has 3 rings (SSSR count). The summed E-state index contributed by atoms with van der Waals surface area (Å²) in [6, 6.07) is 24.1. The van der Waals surface area contributed by atoms with Crippen LogP contribution in [0, 0.1) is 0 Å². The Balaban J connectivity index is 1.72. The Hall–Kier alpha value is -3.86. The zero-order valence-electron chi connectivity index (χ0n) is 17.6. The van der Waals surface area contributed by atoms with Gasteiger partial charge in [0.25, 0.3) is 0 Å². The maximum atomic E-state index is 12.7. The minimum Gasteiger partial charge on any atom is -0.497 e. The maximum absolute atomic E-state index is 12.7. The highest BCUT2D eigenvalue weighted by Crippen LogP contribution is 2.24. The van der Waals surface area contributed by atoms with Gasteiger partial charge in [0.05, 0.1) is 25.8 Å². The Morgan fingerprint density at radius 1 is 0.903 bits per heavy atom. The van der Waals surface area contributed by atoms with Crippen molar-refractivity contribution in [1.82, 2.24) is 0 Å². The molecule has 0 aliphatic heterocycles. The van der Waals surface area contributed by atoms with Gasteiger partial charge < -0.3 is 14.8 Å². The van der Waals surface area contributed by atoms with Crippen molar-refractivity contribution in [1.29, 1.82) is 0 Å². The number of hydrogen-bond acceptors (Lipinski definition) is 5. The van der Waals surface area contributed by atoms with Gasteiger partial charge >= 0.3 is 5.97 Å². The Morgan fingerprint density at radius 2 is 1.58 bits per heavy atom. The molecule has 3 aromatic rings. The van der Waals surface area contributed by atoms with E-state index in [1.807, 2.05) is 54.6 Å². The highest BCUT2D eigenvalue weighted by atomic mass is 16.5. The van der Waals surface area contributed by atoms with E-state index in [1.54, 1.807) is 43.5 Å². The normalized spacial score (nSPS) is 11.7. The molecule has 5 nitrogen and oxygen atoms in total. The molecule has 1 atom stereocenters. The zero-order valence-corrected chi connectivity index (χ0v) is 17.6. The van der Waals surface area contributed by atoms with E-state index in [0.717, 1.165) is 22.6 Å². The zero-order chi connectivity index (χ0) is 22.1. The van der Waals surface area contributed by atoms with E-state index in [9.17, 15) is 9.59 Å². The number of hydrogen-bond donors (Lipinski definition) is 1. The van der Waals surface area contributed by atoms with Crippen LogP contribution in [0.1, 0.15) is 33.9 Å². The predicted molar refractivity (Wildman–Crippen MR) is 122 cm³/mol. The van der Waals surface area contributed by atoms with E-state index in [0.29, 0.717) is 5.56 Å². The van der Waals surface area contributed by atoms with Gasteiger partial charge in [-0.2, -0.15) is 0 Å². The first-order chi connectivity index (χ1) is 15.1. The van der Waals surface area contributed by atoms with Crippen LogP contribution in [0.2, 0.25) is 0 Å². The second-order valence-corrected chi connectivity index (χ2v) is 6.95. The van der Waals surface area contributed by atoms with Crippen molar-refractivity contribution >= 4 is 23.5 Å². The molecular formula is C26H25NO4. The number of esters is 1. The standard InChI is InChI=1S/C26H25NO4/c1-30-24-16-9-19(10-17-24)8-15-23(28)18-25(20-6-4-3-5-7-20)27-22-13-11-21(12-14-22)26(29)31-2/h3-17,25,27H,18H2,1-2H3/t25-/m1/s1. The third kappa shape index (κ3) is 6.31. The molecular weight excluding hydrogens is 390 g/mol. The van der Waals surface area contributed by atoms with E-state index in [2.05, 4.69) is 5.32 Å². The first-order valence-corrected chi connectivity index (χ1v) is 9.94. The second-order valence-electron chi connectivity index (χ2n) is 6.95. The third-order valence-electron chi connectivity index (χ3n) is 4.83. The lowest BCUT2D eigenvalue weighted by molar-refractivity contribution is -0.114. The molecule has 31 heavy (non-hydrogen) atoms. The number of methoxy groups -OCH3 is 2. The second kappa shape index (κ2) is 10.8. The number of ether oxygens (including phenoxy) is 2. The summed E-state index contributed by atoms with van der Waals surface area (Å²) < 4.78 is 9.89. The summed E-state index contributed by atoms with van der Waals surface area (Å²) >= 11 is 0. The molecule has 158 valence electrons. The first kappa shape index (κ1) is 21.8. The molecule has 0 radical (unpaired) electrons. The minimum atomic E-state index is -0.384. The summed E-state index contributed by atoms with van der Waals surface area (Å²) in [5.41, 5.74) is 3.22. The minimum absolute atomic E-state index is 0.00310. The van der Waals surface area contributed by atoms with Crippen molar-refractivity contribution in [2.75, 3.05) is 19.5 Å². The van der Waals surface area contributed by atoms with Gasteiger partial charge in [-0.15, -0.1) is 0 Å². The van der Waals surface area contributed by atoms with Crippen LogP contribution in [0.4, 0.5) is 5.69 Å². The highest BCUT2D eigenvalue weighted by molar-refractivity contribution is 5.94. The number of ketones is 1. The van der Waals surface area contributed by atoms with Crippen LogP contribution in [0.25, 0.3) is 6.08 Å². The predicted octanol–water partition coefficient (Wildman–Crippen LogP) is 5.31. The first-order valence-electron chi connectivity index (χ1n) is 9.94. The largest absolute Gasteiger partial charge is 0.497 e. The summed E-state index contributed by atoms with van der Waals surface area (Å²) in [5.74, 6) is 0.392. The Bertz CT molecular complexity index is 1030. The molecule has 0 spiro atoms. The van der Waals surface area contributed by atoms with E-state index < -0.39 is 0 Å². The van der Waals surface area contributed by atoms with E-state index >= 15 is 0 Å². The van der Waals surface area contributed by atoms with Crippen molar-refractivity contribution in [3.8, 4) is 5.75 Å². The Kier molecular flexibility index (Phi) is 7.60. The summed E-state index contributed by atoms with van der Waals surface area (Å²) in [6.45, 7) is 0. The Morgan fingerprint density at radius 3 is 2.19 bits per heavy atom. The molecule has 0 aliphatic rings. The van der Waals surface area contributed by atoms with Gasteiger partial charge in [0.1, 0.15) is 5.75 Å². The average Bonchev–Trinajstić information content (AvgIpc) is 2.83. The topological polar surface area (TPSA) is 64.6 Å². The monoisotopic (exact) mass is 415 g/mol. The SMILES string of the molecule is COC(=O)c1ccc(N[C@H](CC(=O)C=Cc2ccc(OC)cc2)c2ccccc2)cc1. The van der Waals surface area contributed by atoms with E-state index in [-0.39, 0.29) is 24.2 Å². The number of anilines is 1. The third-order valence-corrected chi connectivity index (χ3v) is 4.83. The van der Waals surface area contributed by atoms with Crippen LogP contribution in [-0.2, 0) is 9.53 Å². The summed E-state index contributed by atoms with van der Waals surface area (Å²) in [7, 11) is 2.97. The van der Waals surface area contributed by atoms with E-state index in [1.165, 1.54) is 7.11 Å². The van der Waals surface area contributed by atoms with Gasteiger partial charge in [-0.3, -0.25) is 4.79 Å². The number of carbonyl (C=O) groups excluding carboxylic acids is 2.